The largest absolute Gasteiger partial charge is 0.479 e. The van der Waals surface area contributed by atoms with E-state index in [9.17, 15) is 8.42 Å². The summed E-state index contributed by atoms with van der Waals surface area (Å²) >= 11 is 3.29. The highest BCUT2D eigenvalue weighted by Gasteiger charge is 2.22. The minimum Gasteiger partial charge on any atom is -0.479 e. The van der Waals surface area contributed by atoms with Gasteiger partial charge in [0.05, 0.1) is 29.4 Å². The van der Waals surface area contributed by atoms with Crippen molar-refractivity contribution in [3.8, 4) is 17.1 Å². The molecule has 0 unspecified atom stereocenters. The van der Waals surface area contributed by atoms with Gasteiger partial charge < -0.3 is 4.74 Å². The van der Waals surface area contributed by atoms with E-state index in [0.29, 0.717) is 27.3 Å². The van der Waals surface area contributed by atoms with Crippen molar-refractivity contribution < 1.29 is 13.2 Å². The molecular weight excluding hydrogens is 442 g/mol. The molecule has 0 aliphatic heterocycles. The molecule has 0 radical (unpaired) electrons. The maximum atomic E-state index is 13.3. The summed E-state index contributed by atoms with van der Waals surface area (Å²) in [6, 6.07) is 14.1. The number of hydrogen-bond acceptors (Lipinski definition) is 5. The van der Waals surface area contributed by atoms with Crippen LogP contribution in [0.5, 0.6) is 5.88 Å². The predicted octanol–water partition coefficient (Wildman–Crippen LogP) is 4.41. The first-order valence-corrected chi connectivity index (χ1v) is 10.6. The molecule has 0 N–H and O–H groups in total. The molecule has 0 saturated carbocycles. The first-order chi connectivity index (χ1) is 13.4. The van der Waals surface area contributed by atoms with Crippen molar-refractivity contribution in [2.45, 2.75) is 11.8 Å². The number of hydrogen-bond donors (Lipinski definition) is 0. The molecule has 0 bridgehead atoms. The second-order valence-corrected chi connectivity index (χ2v) is 8.80. The number of ether oxygens (including phenoxy) is 1. The van der Waals surface area contributed by atoms with Crippen LogP contribution in [0.3, 0.4) is 0 Å². The summed E-state index contributed by atoms with van der Waals surface area (Å²) in [6.07, 6.45) is 3.16. The summed E-state index contributed by atoms with van der Waals surface area (Å²) < 4.78 is 33.6. The lowest BCUT2D eigenvalue weighted by Gasteiger charge is -2.07. The predicted molar refractivity (Wildman–Crippen MR) is 111 cm³/mol. The van der Waals surface area contributed by atoms with Gasteiger partial charge in [-0.25, -0.2) is 22.4 Å². The van der Waals surface area contributed by atoms with Gasteiger partial charge in [-0.1, -0.05) is 35.9 Å². The molecular formula is C20H16BrN3O3S. The molecule has 6 nitrogen and oxygen atoms in total. The Labute approximate surface area is 171 Å². The Morgan fingerprint density at radius 3 is 2.50 bits per heavy atom. The number of halogens is 1. The molecule has 4 aromatic rings. The Morgan fingerprint density at radius 2 is 1.79 bits per heavy atom. The fourth-order valence-electron chi connectivity index (χ4n) is 2.99. The second-order valence-electron chi connectivity index (χ2n) is 6.23. The number of benzene rings is 2. The van der Waals surface area contributed by atoms with Gasteiger partial charge in [0, 0.05) is 17.1 Å². The smallest absolute Gasteiger partial charge is 0.268 e. The summed E-state index contributed by atoms with van der Waals surface area (Å²) in [4.78, 5) is 8.92. The molecule has 8 heteroatoms. The SMILES string of the molecule is COc1nc(-c2cn(S(=O)(=O)c3ccc(C)cc3)c3ccccc23)cnc1Br. The lowest BCUT2D eigenvalue weighted by molar-refractivity contribution is 0.393. The number of methoxy groups -OCH3 is 1. The van der Waals surface area contributed by atoms with Crippen LogP contribution in [0, 0.1) is 6.92 Å². The molecule has 2 aromatic heterocycles. The summed E-state index contributed by atoms with van der Waals surface area (Å²) in [5.74, 6) is 0.329. The first kappa shape index (κ1) is 18.6. The number of rotatable bonds is 4. The van der Waals surface area contributed by atoms with Gasteiger partial charge in [-0.3, -0.25) is 0 Å². The van der Waals surface area contributed by atoms with Crippen molar-refractivity contribution in [2.24, 2.45) is 0 Å². The number of nitrogens with zero attached hydrogens (tertiary/aromatic N) is 3. The summed E-state index contributed by atoms with van der Waals surface area (Å²) in [6.45, 7) is 1.92. The molecule has 0 fully saturated rings. The third-order valence-corrected chi connectivity index (χ3v) is 6.66. The minimum atomic E-state index is -3.77. The van der Waals surface area contributed by atoms with Gasteiger partial charge in [0.2, 0.25) is 5.88 Å². The van der Waals surface area contributed by atoms with Crippen molar-refractivity contribution in [1.82, 2.24) is 13.9 Å². The van der Waals surface area contributed by atoms with E-state index in [1.807, 2.05) is 19.1 Å². The van der Waals surface area contributed by atoms with E-state index in [1.165, 1.54) is 11.1 Å². The molecule has 2 heterocycles. The van der Waals surface area contributed by atoms with Gasteiger partial charge >= 0.3 is 0 Å². The molecule has 0 aliphatic rings. The molecule has 2 aromatic carbocycles. The van der Waals surface area contributed by atoms with Crippen LogP contribution < -0.4 is 4.74 Å². The summed E-state index contributed by atoms with van der Waals surface area (Å²) in [5, 5.41) is 0.761. The average Bonchev–Trinajstić information content (AvgIpc) is 3.09. The van der Waals surface area contributed by atoms with Crippen molar-refractivity contribution in [3.63, 3.8) is 0 Å². The Hall–Kier alpha value is -2.71. The number of fused-ring (bicyclic) bond motifs is 1. The quantitative estimate of drug-likeness (QED) is 0.453. The third-order valence-electron chi connectivity index (χ3n) is 4.42. The fraction of sp³-hybridized carbons (Fsp3) is 0.100. The summed E-state index contributed by atoms with van der Waals surface area (Å²) in [7, 11) is -2.26. The Morgan fingerprint density at radius 1 is 1.07 bits per heavy atom. The molecule has 0 aliphatic carbocycles. The van der Waals surface area contributed by atoms with E-state index < -0.39 is 10.0 Å². The highest BCUT2D eigenvalue weighted by molar-refractivity contribution is 9.10. The zero-order chi connectivity index (χ0) is 19.9. The maximum absolute atomic E-state index is 13.3. The van der Waals surface area contributed by atoms with E-state index in [4.69, 9.17) is 4.74 Å². The monoisotopic (exact) mass is 457 g/mol. The number of aryl methyl sites for hydroxylation is 1. The lowest BCUT2D eigenvalue weighted by atomic mass is 10.1. The van der Waals surface area contributed by atoms with Crippen molar-refractivity contribution >= 4 is 36.9 Å². The van der Waals surface area contributed by atoms with Gasteiger partial charge in [-0.05, 0) is 41.1 Å². The molecule has 142 valence electrons. The van der Waals surface area contributed by atoms with Crippen LogP contribution in [0.25, 0.3) is 22.2 Å². The van der Waals surface area contributed by atoms with Crippen molar-refractivity contribution in [1.29, 1.82) is 0 Å². The third kappa shape index (κ3) is 3.08. The normalized spacial score (nSPS) is 11.7. The summed E-state index contributed by atoms with van der Waals surface area (Å²) in [5.41, 5.74) is 2.75. The fourth-order valence-corrected chi connectivity index (χ4v) is 4.72. The molecule has 0 amide bonds. The van der Waals surface area contributed by atoms with Gasteiger partial charge in [-0.15, -0.1) is 0 Å². The minimum absolute atomic E-state index is 0.227. The van der Waals surface area contributed by atoms with Crippen LogP contribution in [0.15, 0.2) is 70.4 Å². The highest BCUT2D eigenvalue weighted by Crippen LogP contribution is 2.33. The highest BCUT2D eigenvalue weighted by atomic mass is 79.9. The van der Waals surface area contributed by atoms with Gasteiger partial charge in [0.15, 0.2) is 4.60 Å². The molecule has 4 rings (SSSR count). The Balaban J connectivity index is 1.96. The lowest BCUT2D eigenvalue weighted by Crippen LogP contribution is -2.11. The Bertz CT molecular complexity index is 1280. The van der Waals surface area contributed by atoms with Crippen LogP contribution in [0.4, 0.5) is 0 Å². The van der Waals surface area contributed by atoms with E-state index in [2.05, 4.69) is 25.9 Å². The topological polar surface area (TPSA) is 74.1 Å². The van der Waals surface area contributed by atoms with Gasteiger partial charge in [0.25, 0.3) is 10.0 Å². The number of para-hydroxylation sites is 1. The van der Waals surface area contributed by atoms with E-state index >= 15 is 0 Å². The molecule has 0 spiro atoms. The number of aromatic nitrogens is 3. The zero-order valence-electron chi connectivity index (χ0n) is 15.1. The molecule has 0 atom stereocenters. The van der Waals surface area contributed by atoms with Crippen LogP contribution in [-0.2, 0) is 10.0 Å². The van der Waals surface area contributed by atoms with E-state index in [-0.39, 0.29) is 4.90 Å². The van der Waals surface area contributed by atoms with E-state index in [0.717, 1.165) is 10.9 Å². The van der Waals surface area contributed by atoms with Gasteiger partial charge in [0.1, 0.15) is 0 Å². The van der Waals surface area contributed by atoms with Crippen LogP contribution >= 0.6 is 15.9 Å². The molecule has 28 heavy (non-hydrogen) atoms. The Kier molecular flexibility index (Phi) is 4.68. The van der Waals surface area contributed by atoms with Crippen LogP contribution in [0.1, 0.15) is 5.56 Å². The zero-order valence-corrected chi connectivity index (χ0v) is 17.5. The molecule has 0 saturated heterocycles. The van der Waals surface area contributed by atoms with Crippen molar-refractivity contribution in [3.05, 3.63) is 71.1 Å². The van der Waals surface area contributed by atoms with E-state index in [1.54, 1.807) is 48.8 Å². The van der Waals surface area contributed by atoms with Crippen molar-refractivity contribution in [2.75, 3.05) is 7.11 Å². The van der Waals surface area contributed by atoms with Crippen LogP contribution in [-0.4, -0.2) is 29.5 Å². The second kappa shape index (κ2) is 7.03. The average molecular weight is 458 g/mol. The first-order valence-electron chi connectivity index (χ1n) is 8.41. The van der Waals surface area contributed by atoms with Crippen LogP contribution in [0.2, 0.25) is 0 Å². The van der Waals surface area contributed by atoms with Gasteiger partial charge in [-0.2, -0.15) is 0 Å². The maximum Gasteiger partial charge on any atom is 0.268 e. The standard InChI is InChI=1S/C20H16BrN3O3S/c1-13-7-9-14(10-8-13)28(25,26)24-12-16(15-5-3-4-6-18(15)24)17-11-22-19(21)20(23-17)27-2/h3-12H,1-2H3.